The highest BCUT2D eigenvalue weighted by atomic mass is 19.4. The highest BCUT2D eigenvalue weighted by Crippen LogP contribution is 2.31. The molecule has 2 aromatic rings. The Bertz CT molecular complexity index is 759. The van der Waals surface area contributed by atoms with Gasteiger partial charge >= 0.3 is 6.18 Å². The van der Waals surface area contributed by atoms with Gasteiger partial charge in [0.1, 0.15) is 0 Å². The minimum atomic E-state index is -4.39. The molecule has 26 heavy (non-hydrogen) atoms. The van der Waals surface area contributed by atoms with Crippen molar-refractivity contribution in [3.05, 3.63) is 53.6 Å². The number of hydrogen-bond acceptors (Lipinski definition) is 4. The molecule has 0 saturated heterocycles. The van der Waals surface area contributed by atoms with Gasteiger partial charge in [0.2, 0.25) is 0 Å². The molecule has 0 aliphatic rings. The molecule has 0 aliphatic carbocycles. The fourth-order valence-corrected chi connectivity index (χ4v) is 2.09. The molecule has 0 unspecified atom stereocenters. The lowest BCUT2D eigenvalue weighted by atomic mass is 10.2. The Hall–Kier alpha value is -2.70. The minimum absolute atomic E-state index is 0.250. The first-order valence-corrected chi connectivity index (χ1v) is 8.06. The lowest BCUT2D eigenvalue weighted by Crippen LogP contribution is -2.05. The Morgan fingerprint density at radius 1 is 1.12 bits per heavy atom. The average Bonchev–Trinajstić information content (AvgIpc) is 2.60. The van der Waals surface area contributed by atoms with Crippen LogP contribution in [0.1, 0.15) is 25.0 Å². The number of benzene rings is 2. The molecule has 4 nitrogen and oxygen atoms in total. The van der Waals surface area contributed by atoms with E-state index in [1.165, 1.54) is 18.3 Å². The quantitative estimate of drug-likeness (QED) is 0.541. The third kappa shape index (κ3) is 5.68. The van der Waals surface area contributed by atoms with E-state index in [1.54, 1.807) is 25.3 Å². The van der Waals surface area contributed by atoms with Crippen molar-refractivity contribution in [1.29, 1.82) is 0 Å². The van der Waals surface area contributed by atoms with Crippen molar-refractivity contribution in [3.63, 3.8) is 0 Å². The van der Waals surface area contributed by atoms with Crippen LogP contribution in [0.2, 0.25) is 0 Å². The van der Waals surface area contributed by atoms with E-state index >= 15 is 0 Å². The number of methoxy groups -OCH3 is 1. The van der Waals surface area contributed by atoms with Gasteiger partial charge in [-0.2, -0.15) is 18.3 Å². The van der Waals surface area contributed by atoms with Gasteiger partial charge in [0.15, 0.2) is 11.5 Å². The topological polar surface area (TPSA) is 42.8 Å². The third-order valence-electron chi connectivity index (χ3n) is 3.36. The summed E-state index contributed by atoms with van der Waals surface area (Å²) in [6.07, 6.45) is -2.89. The van der Waals surface area contributed by atoms with Gasteiger partial charge in [0.05, 0.1) is 31.2 Å². The lowest BCUT2D eigenvalue weighted by molar-refractivity contribution is -0.137. The van der Waals surface area contributed by atoms with Gasteiger partial charge in [0.25, 0.3) is 0 Å². The van der Waals surface area contributed by atoms with Crippen molar-refractivity contribution in [3.8, 4) is 11.5 Å². The minimum Gasteiger partial charge on any atom is -0.493 e. The fourth-order valence-electron chi connectivity index (χ4n) is 2.09. The number of nitrogens with one attached hydrogen (secondary N) is 1. The van der Waals surface area contributed by atoms with Crippen LogP contribution in [0.25, 0.3) is 0 Å². The molecule has 0 heterocycles. The summed E-state index contributed by atoms with van der Waals surface area (Å²) in [4.78, 5) is 0. The zero-order chi connectivity index (χ0) is 19.2. The highest BCUT2D eigenvalue weighted by Gasteiger charge is 2.30. The molecule has 0 fully saturated rings. The van der Waals surface area contributed by atoms with Crippen LogP contribution in [-0.2, 0) is 6.18 Å². The molecule has 0 aromatic heterocycles. The van der Waals surface area contributed by atoms with E-state index in [0.717, 1.165) is 17.7 Å². The van der Waals surface area contributed by atoms with Crippen molar-refractivity contribution < 1.29 is 22.6 Å². The predicted octanol–water partition coefficient (Wildman–Crippen LogP) is 5.19. The SMILES string of the molecule is COc1cc(C=NNc2cccc(C(F)(F)F)c2)ccc1OCC(C)C. The van der Waals surface area contributed by atoms with Crippen molar-refractivity contribution in [2.24, 2.45) is 11.0 Å². The number of halogens is 3. The maximum atomic E-state index is 12.7. The summed E-state index contributed by atoms with van der Waals surface area (Å²) in [5.74, 6) is 1.58. The van der Waals surface area contributed by atoms with E-state index in [9.17, 15) is 13.2 Å². The molecule has 2 aromatic carbocycles. The van der Waals surface area contributed by atoms with Gasteiger partial charge in [0, 0.05) is 0 Å². The van der Waals surface area contributed by atoms with Crippen molar-refractivity contribution in [2.45, 2.75) is 20.0 Å². The van der Waals surface area contributed by atoms with E-state index in [4.69, 9.17) is 9.47 Å². The summed E-state index contributed by atoms with van der Waals surface area (Å²) in [7, 11) is 1.54. The Labute approximate surface area is 150 Å². The van der Waals surface area contributed by atoms with Gasteiger partial charge in [-0.15, -0.1) is 0 Å². The van der Waals surface area contributed by atoms with Crippen LogP contribution in [0.15, 0.2) is 47.6 Å². The van der Waals surface area contributed by atoms with Gasteiger partial charge in [-0.25, -0.2) is 0 Å². The Morgan fingerprint density at radius 3 is 2.54 bits per heavy atom. The van der Waals surface area contributed by atoms with E-state index in [1.807, 2.05) is 13.8 Å². The van der Waals surface area contributed by atoms with Crippen LogP contribution in [0.5, 0.6) is 11.5 Å². The number of ether oxygens (including phenoxy) is 2. The number of rotatable bonds is 7. The Morgan fingerprint density at radius 2 is 1.88 bits per heavy atom. The molecule has 1 N–H and O–H groups in total. The van der Waals surface area contributed by atoms with E-state index < -0.39 is 11.7 Å². The van der Waals surface area contributed by atoms with Crippen molar-refractivity contribution >= 4 is 11.9 Å². The molecule has 0 aliphatic heterocycles. The van der Waals surface area contributed by atoms with Gasteiger partial charge in [-0.05, 0) is 47.9 Å². The zero-order valence-corrected chi connectivity index (χ0v) is 14.8. The Balaban J connectivity index is 2.06. The molecule has 0 spiro atoms. The first-order valence-electron chi connectivity index (χ1n) is 8.06. The molecule has 140 valence electrons. The van der Waals surface area contributed by atoms with Crippen molar-refractivity contribution in [1.82, 2.24) is 0 Å². The average molecular weight is 366 g/mol. The number of alkyl halides is 3. The van der Waals surface area contributed by atoms with Crippen LogP contribution < -0.4 is 14.9 Å². The van der Waals surface area contributed by atoms with Gasteiger partial charge < -0.3 is 9.47 Å². The largest absolute Gasteiger partial charge is 0.493 e. The van der Waals surface area contributed by atoms with Crippen LogP contribution >= 0.6 is 0 Å². The van der Waals surface area contributed by atoms with E-state index in [2.05, 4.69) is 10.5 Å². The van der Waals surface area contributed by atoms with E-state index in [-0.39, 0.29) is 5.69 Å². The lowest BCUT2D eigenvalue weighted by Gasteiger charge is -2.12. The fraction of sp³-hybridized carbons (Fsp3) is 0.316. The van der Waals surface area contributed by atoms with Crippen LogP contribution in [0.3, 0.4) is 0 Å². The molecule has 0 saturated carbocycles. The molecule has 7 heteroatoms. The summed E-state index contributed by atoms with van der Waals surface area (Å²) >= 11 is 0. The standard InChI is InChI=1S/C19H21F3N2O2/c1-13(2)12-26-17-8-7-14(9-18(17)25-3)11-23-24-16-6-4-5-15(10-16)19(20,21)22/h4-11,13,24H,12H2,1-3H3. The second-order valence-electron chi connectivity index (χ2n) is 6.06. The molecule has 0 bridgehead atoms. The summed E-state index contributed by atoms with van der Waals surface area (Å²) in [5.41, 5.74) is 2.84. The highest BCUT2D eigenvalue weighted by molar-refractivity contribution is 5.81. The maximum absolute atomic E-state index is 12.7. The number of hydrazone groups is 1. The summed E-state index contributed by atoms with van der Waals surface area (Å²) in [6.45, 7) is 4.67. The smallest absolute Gasteiger partial charge is 0.416 e. The number of anilines is 1. The maximum Gasteiger partial charge on any atom is 0.416 e. The second-order valence-corrected chi connectivity index (χ2v) is 6.06. The molecule has 0 atom stereocenters. The van der Waals surface area contributed by atoms with Crippen LogP contribution in [-0.4, -0.2) is 19.9 Å². The van der Waals surface area contributed by atoms with Crippen LogP contribution in [0, 0.1) is 5.92 Å². The molecular weight excluding hydrogens is 345 g/mol. The normalized spacial score (nSPS) is 11.8. The number of nitrogens with zero attached hydrogens (tertiary/aromatic N) is 1. The second kappa shape index (κ2) is 8.60. The van der Waals surface area contributed by atoms with Crippen molar-refractivity contribution in [2.75, 3.05) is 19.1 Å². The molecule has 0 radical (unpaired) electrons. The third-order valence-corrected chi connectivity index (χ3v) is 3.36. The predicted molar refractivity (Wildman–Crippen MR) is 96.0 cm³/mol. The first-order chi connectivity index (χ1) is 12.3. The summed E-state index contributed by atoms with van der Waals surface area (Å²) < 4.78 is 49.1. The van der Waals surface area contributed by atoms with Gasteiger partial charge in [-0.3, -0.25) is 5.43 Å². The summed E-state index contributed by atoms with van der Waals surface area (Å²) in [5, 5.41) is 3.98. The van der Waals surface area contributed by atoms with Gasteiger partial charge in [-0.1, -0.05) is 19.9 Å². The van der Waals surface area contributed by atoms with E-state index in [0.29, 0.717) is 24.0 Å². The molecule has 0 amide bonds. The molecular formula is C19H21F3N2O2. The number of hydrogen-bond donors (Lipinski definition) is 1. The Kier molecular flexibility index (Phi) is 6.49. The summed E-state index contributed by atoms with van der Waals surface area (Å²) in [6, 6.07) is 10.1. The van der Waals surface area contributed by atoms with Crippen LogP contribution in [0.4, 0.5) is 18.9 Å². The monoisotopic (exact) mass is 366 g/mol. The first kappa shape index (κ1) is 19.6. The zero-order valence-electron chi connectivity index (χ0n) is 14.8. The molecule has 2 rings (SSSR count).